The Balaban J connectivity index is 2.13. The number of ketones is 1. The van der Waals surface area contributed by atoms with Crippen LogP contribution in [0.3, 0.4) is 0 Å². The molecule has 1 aliphatic rings. The van der Waals surface area contributed by atoms with Crippen molar-refractivity contribution in [3.05, 3.63) is 15.0 Å². The predicted octanol–water partition coefficient (Wildman–Crippen LogP) is 3.27. The molecule has 1 saturated heterocycles. The molecule has 2 heterocycles. The van der Waals surface area contributed by atoms with Crippen LogP contribution in [0.25, 0.3) is 0 Å². The Morgan fingerprint density at radius 3 is 2.41 bits per heavy atom. The van der Waals surface area contributed by atoms with Gasteiger partial charge < -0.3 is 18.9 Å². The number of amides is 1. The average Bonchev–Trinajstić information content (AvgIpc) is 3.05. The Labute approximate surface area is 174 Å². The van der Waals surface area contributed by atoms with Gasteiger partial charge in [-0.25, -0.2) is 14.6 Å². The molecule has 27 heavy (non-hydrogen) atoms. The number of hydrogen-bond acceptors (Lipinski definition) is 6. The van der Waals surface area contributed by atoms with Gasteiger partial charge in [0, 0.05) is 19.0 Å². The van der Waals surface area contributed by atoms with Gasteiger partial charge in [0.25, 0.3) is 0 Å². The van der Waals surface area contributed by atoms with Gasteiger partial charge in [-0.3, -0.25) is 4.79 Å². The highest BCUT2D eigenvalue weighted by Gasteiger charge is 2.39. The number of aromatic nitrogens is 2. The van der Waals surface area contributed by atoms with Crippen molar-refractivity contribution in [3.63, 3.8) is 0 Å². The minimum Gasteiger partial charge on any atom is -0.464 e. The summed E-state index contributed by atoms with van der Waals surface area (Å²) in [7, 11) is 1.26. The van der Waals surface area contributed by atoms with Gasteiger partial charge in [0.15, 0.2) is 16.2 Å². The number of hydrogen-bond donors (Lipinski definition) is 0. The van der Waals surface area contributed by atoms with Gasteiger partial charge in [0.05, 0.1) is 13.7 Å². The van der Waals surface area contributed by atoms with Crippen LogP contribution in [-0.4, -0.2) is 58.1 Å². The number of carbonyl (C=O) groups excluding carboxylic acids is 3. The minimum absolute atomic E-state index is 0.0164. The summed E-state index contributed by atoms with van der Waals surface area (Å²) in [5, 5.41) is 0. The fraction of sp³-hybridized carbons (Fsp3) is 0.647. The average molecular weight is 509 g/mol. The molecule has 2 atom stereocenters. The third-order valence-electron chi connectivity index (χ3n) is 4.25. The fourth-order valence-corrected chi connectivity index (χ4v) is 4.23. The Kier molecular flexibility index (Phi) is 6.72. The zero-order valence-corrected chi connectivity index (χ0v) is 19.1. The van der Waals surface area contributed by atoms with Gasteiger partial charge in [0.1, 0.15) is 10.2 Å². The van der Waals surface area contributed by atoms with E-state index in [0.29, 0.717) is 15.9 Å². The first-order valence-corrected chi connectivity index (χ1v) is 10.0. The molecule has 8 nitrogen and oxygen atoms in total. The van der Waals surface area contributed by atoms with Gasteiger partial charge in [-0.05, 0) is 58.5 Å². The van der Waals surface area contributed by atoms with Crippen LogP contribution in [0.1, 0.15) is 38.2 Å². The zero-order valence-electron chi connectivity index (χ0n) is 15.9. The molecule has 1 aromatic heterocycles. The number of likely N-dealkylation sites (tertiary alicyclic amines) is 1. The standard InChI is InChI=1S/C17H23Br2N3O5/c1-9-6-21(16(25)27-17(2,3)4)7-10(9)11(23)8-22-12(14(24)26-5)13(18)20-15(22)19/h9-10H,6-8H2,1-5H3. The van der Waals surface area contributed by atoms with Crippen molar-refractivity contribution in [1.82, 2.24) is 14.5 Å². The second-order valence-electron chi connectivity index (χ2n) is 7.53. The van der Waals surface area contributed by atoms with E-state index in [2.05, 4.69) is 36.8 Å². The summed E-state index contributed by atoms with van der Waals surface area (Å²) in [6.45, 7) is 8.01. The smallest absolute Gasteiger partial charge is 0.410 e. The number of nitrogens with zero attached hydrogens (tertiary/aromatic N) is 3. The fourth-order valence-electron chi connectivity index (χ4n) is 2.97. The molecular formula is C17H23Br2N3O5. The quantitative estimate of drug-likeness (QED) is 0.580. The maximum absolute atomic E-state index is 12.9. The summed E-state index contributed by atoms with van der Waals surface area (Å²) in [5.41, 5.74) is -0.432. The van der Waals surface area contributed by atoms with E-state index in [-0.39, 0.29) is 36.4 Å². The number of methoxy groups -OCH3 is 1. The molecule has 1 aliphatic heterocycles. The van der Waals surface area contributed by atoms with E-state index in [9.17, 15) is 14.4 Å². The van der Waals surface area contributed by atoms with E-state index in [1.54, 1.807) is 25.7 Å². The maximum atomic E-state index is 12.9. The molecule has 1 aromatic rings. The number of carbonyl (C=O) groups is 3. The summed E-state index contributed by atoms with van der Waals surface area (Å²) >= 11 is 6.47. The highest BCUT2D eigenvalue weighted by molar-refractivity contribution is 9.11. The van der Waals surface area contributed by atoms with E-state index in [1.165, 1.54) is 11.7 Å². The molecule has 0 radical (unpaired) electrons. The molecule has 1 fully saturated rings. The molecule has 10 heteroatoms. The molecule has 0 aromatic carbocycles. The molecule has 0 aliphatic carbocycles. The van der Waals surface area contributed by atoms with Crippen LogP contribution in [0.15, 0.2) is 9.34 Å². The SMILES string of the molecule is COC(=O)c1c(Br)nc(Br)n1CC(=O)C1CN(C(=O)OC(C)(C)C)CC1C. The lowest BCUT2D eigenvalue weighted by Gasteiger charge is -2.24. The van der Waals surface area contributed by atoms with Crippen molar-refractivity contribution < 1.29 is 23.9 Å². The third-order valence-corrected chi connectivity index (χ3v) is 5.41. The van der Waals surface area contributed by atoms with Gasteiger partial charge >= 0.3 is 12.1 Å². The molecule has 1 amide bonds. The molecule has 0 saturated carbocycles. The number of halogens is 2. The summed E-state index contributed by atoms with van der Waals surface area (Å²) in [6.07, 6.45) is -0.425. The molecule has 0 spiro atoms. The number of rotatable bonds is 4. The van der Waals surface area contributed by atoms with Crippen LogP contribution >= 0.6 is 31.9 Å². The molecule has 2 unspecified atom stereocenters. The number of Topliss-reactive ketones (excluding diaryl/α,β-unsaturated/α-hetero) is 1. The van der Waals surface area contributed by atoms with Crippen molar-refractivity contribution in [2.45, 2.75) is 39.8 Å². The summed E-state index contributed by atoms with van der Waals surface area (Å²) in [5.74, 6) is -1.06. The van der Waals surface area contributed by atoms with Crippen molar-refractivity contribution in [2.24, 2.45) is 11.8 Å². The number of imidazole rings is 1. The van der Waals surface area contributed by atoms with Crippen LogP contribution in [0.2, 0.25) is 0 Å². The van der Waals surface area contributed by atoms with Crippen molar-refractivity contribution in [3.8, 4) is 0 Å². The number of esters is 1. The minimum atomic E-state index is -0.595. The highest BCUT2D eigenvalue weighted by atomic mass is 79.9. The van der Waals surface area contributed by atoms with Crippen molar-refractivity contribution >= 4 is 49.7 Å². The maximum Gasteiger partial charge on any atom is 0.410 e. The topological polar surface area (TPSA) is 90.7 Å². The highest BCUT2D eigenvalue weighted by Crippen LogP contribution is 2.28. The van der Waals surface area contributed by atoms with Gasteiger partial charge in [-0.2, -0.15) is 0 Å². The van der Waals surface area contributed by atoms with Crippen LogP contribution in [0.4, 0.5) is 4.79 Å². The van der Waals surface area contributed by atoms with Gasteiger partial charge in [-0.15, -0.1) is 0 Å². The van der Waals surface area contributed by atoms with Gasteiger partial charge in [0.2, 0.25) is 0 Å². The third kappa shape index (κ3) is 5.10. The lowest BCUT2D eigenvalue weighted by Crippen LogP contribution is -2.36. The Bertz CT molecular complexity index is 756. The van der Waals surface area contributed by atoms with Crippen molar-refractivity contribution in [1.29, 1.82) is 0 Å². The van der Waals surface area contributed by atoms with Crippen LogP contribution in [0.5, 0.6) is 0 Å². The first kappa shape index (κ1) is 21.9. The predicted molar refractivity (Wildman–Crippen MR) is 104 cm³/mol. The lowest BCUT2D eigenvalue weighted by molar-refractivity contribution is -0.124. The van der Waals surface area contributed by atoms with Crippen LogP contribution < -0.4 is 0 Å². The lowest BCUT2D eigenvalue weighted by atomic mass is 9.93. The van der Waals surface area contributed by atoms with Gasteiger partial charge in [-0.1, -0.05) is 6.92 Å². The Morgan fingerprint density at radius 2 is 1.85 bits per heavy atom. The molecule has 0 N–H and O–H groups in total. The molecule has 150 valence electrons. The number of ether oxygens (including phenoxy) is 2. The largest absolute Gasteiger partial charge is 0.464 e. The van der Waals surface area contributed by atoms with E-state index >= 15 is 0 Å². The van der Waals surface area contributed by atoms with E-state index in [0.717, 1.165) is 0 Å². The zero-order chi connectivity index (χ0) is 20.5. The summed E-state index contributed by atoms with van der Waals surface area (Å²) < 4.78 is 12.3. The molecule has 2 rings (SSSR count). The monoisotopic (exact) mass is 507 g/mol. The molecular weight excluding hydrogens is 486 g/mol. The van der Waals surface area contributed by atoms with E-state index in [1.807, 2.05) is 6.92 Å². The van der Waals surface area contributed by atoms with Crippen LogP contribution in [0, 0.1) is 11.8 Å². The summed E-state index contributed by atoms with van der Waals surface area (Å²) in [6, 6.07) is 0. The second-order valence-corrected chi connectivity index (χ2v) is 8.99. The van der Waals surface area contributed by atoms with E-state index < -0.39 is 17.7 Å². The summed E-state index contributed by atoms with van der Waals surface area (Å²) in [4.78, 5) is 42.8. The Morgan fingerprint density at radius 1 is 1.22 bits per heavy atom. The Hall–Kier alpha value is -1.42. The van der Waals surface area contributed by atoms with E-state index in [4.69, 9.17) is 9.47 Å². The first-order chi connectivity index (χ1) is 12.4. The second kappa shape index (κ2) is 8.30. The molecule has 0 bridgehead atoms. The first-order valence-electron chi connectivity index (χ1n) is 8.45. The normalized spacial score (nSPS) is 19.9. The van der Waals surface area contributed by atoms with Crippen molar-refractivity contribution in [2.75, 3.05) is 20.2 Å². The van der Waals surface area contributed by atoms with Crippen LogP contribution in [-0.2, 0) is 20.8 Å².